The van der Waals surface area contributed by atoms with Crippen molar-refractivity contribution in [3.05, 3.63) is 0 Å². The summed E-state index contributed by atoms with van der Waals surface area (Å²) >= 11 is 0. The van der Waals surface area contributed by atoms with Crippen molar-refractivity contribution in [3.8, 4) is 0 Å². The summed E-state index contributed by atoms with van der Waals surface area (Å²) in [4.78, 5) is 2.83. The third kappa shape index (κ3) is 2.91. The second-order valence-electron chi connectivity index (χ2n) is 7.07. The summed E-state index contributed by atoms with van der Waals surface area (Å²) in [6, 6.07) is 2.24. The molecule has 2 fully saturated rings. The van der Waals surface area contributed by atoms with Crippen LogP contribution in [0.5, 0.6) is 0 Å². The van der Waals surface area contributed by atoms with Crippen LogP contribution in [0, 0.1) is 5.41 Å². The number of hydrogen-bond donors (Lipinski definition) is 1. The first-order valence-corrected chi connectivity index (χ1v) is 8.05. The molecule has 1 aliphatic carbocycles. The zero-order valence-corrected chi connectivity index (χ0v) is 12.8. The molecule has 2 aliphatic rings. The molecule has 18 heavy (non-hydrogen) atoms. The third-order valence-electron chi connectivity index (χ3n) is 5.27. The molecular weight excluding hydrogens is 220 g/mol. The first kappa shape index (κ1) is 14.3. The second-order valence-corrected chi connectivity index (χ2v) is 7.07. The Bertz CT molecular complexity index is 262. The van der Waals surface area contributed by atoms with E-state index in [0.717, 1.165) is 18.6 Å². The minimum Gasteiger partial charge on any atom is -0.312 e. The molecule has 1 N–H and O–H groups in total. The Kier molecular flexibility index (Phi) is 4.71. The smallest absolute Gasteiger partial charge is 0.0274 e. The fourth-order valence-electron chi connectivity index (χ4n) is 4.14. The summed E-state index contributed by atoms with van der Waals surface area (Å²) in [5.41, 5.74) is 0.465. The molecule has 3 atom stereocenters. The summed E-state index contributed by atoms with van der Waals surface area (Å²) in [7, 11) is 0. The van der Waals surface area contributed by atoms with Gasteiger partial charge in [0.15, 0.2) is 0 Å². The van der Waals surface area contributed by atoms with E-state index in [1.807, 2.05) is 0 Å². The van der Waals surface area contributed by atoms with E-state index in [-0.39, 0.29) is 0 Å². The highest BCUT2D eigenvalue weighted by atomic mass is 15.2. The molecule has 2 rings (SSSR count). The lowest BCUT2D eigenvalue weighted by Gasteiger charge is -2.40. The van der Waals surface area contributed by atoms with Gasteiger partial charge in [-0.3, -0.25) is 4.90 Å². The molecule has 2 nitrogen and oxygen atoms in total. The highest BCUT2D eigenvalue weighted by Crippen LogP contribution is 2.41. The zero-order valence-electron chi connectivity index (χ0n) is 12.8. The van der Waals surface area contributed by atoms with Crippen molar-refractivity contribution in [1.29, 1.82) is 0 Å². The molecule has 3 unspecified atom stereocenters. The Morgan fingerprint density at radius 2 is 1.94 bits per heavy atom. The van der Waals surface area contributed by atoms with Crippen LogP contribution in [0.25, 0.3) is 0 Å². The largest absolute Gasteiger partial charge is 0.312 e. The first-order chi connectivity index (χ1) is 8.56. The van der Waals surface area contributed by atoms with Gasteiger partial charge in [0.2, 0.25) is 0 Å². The van der Waals surface area contributed by atoms with Crippen molar-refractivity contribution in [1.82, 2.24) is 10.2 Å². The molecule has 0 aromatic rings. The molecule has 1 aliphatic heterocycles. The van der Waals surface area contributed by atoms with Crippen LogP contribution in [0.15, 0.2) is 0 Å². The molecule has 0 spiro atoms. The fourth-order valence-corrected chi connectivity index (χ4v) is 4.14. The van der Waals surface area contributed by atoms with Crippen molar-refractivity contribution < 1.29 is 0 Å². The van der Waals surface area contributed by atoms with E-state index in [1.165, 1.54) is 45.1 Å². The van der Waals surface area contributed by atoms with Crippen LogP contribution in [0.4, 0.5) is 0 Å². The highest BCUT2D eigenvalue weighted by Gasteiger charge is 2.44. The molecule has 0 aromatic heterocycles. The Balaban J connectivity index is 2.10. The number of nitrogens with zero attached hydrogens (tertiary/aromatic N) is 1. The summed E-state index contributed by atoms with van der Waals surface area (Å²) in [6.45, 7) is 12.0. The molecule has 0 aromatic carbocycles. The van der Waals surface area contributed by atoms with Crippen LogP contribution < -0.4 is 5.32 Å². The van der Waals surface area contributed by atoms with E-state index in [2.05, 4.69) is 37.9 Å². The van der Waals surface area contributed by atoms with E-state index in [4.69, 9.17) is 0 Å². The molecule has 0 bridgehead atoms. The number of rotatable bonds is 3. The molecule has 2 heteroatoms. The standard InChI is InChI=1S/C16H32N2/c1-5-17-15-14(10-11-16(15,3)4)18-12-8-6-7-9-13(18)2/h13-15,17H,5-12H2,1-4H3. The number of hydrogen-bond acceptors (Lipinski definition) is 2. The average molecular weight is 252 g/mol. The Morgan fingerprint density at radius 3 is 2.67 bits per heavy atom. The third-order valence-corrected chi connectivity index (χ3v) is 5.27. The van der Waals surface area contributed by atoms with Gasteiger partial charge in [0.25, 0.3) is 0 Å². The maximum Gasteiger partial charge on any atom is 0.0274 e. The van der Waals surface area contributed by atoms with Gasteiger partial charge in [0.1, 0.15) is 0 Å². The average Bonchev–Trinajstić information content (AvgIpc) is 2.51. The van der Waals surface area contributed by atoms with Gasteiger partial charge in [0, 0.05) is 18.1 Å². The van der Waals surface area contributed by atoms with Gasteiger partial charge in [-0.1, -0.05) is 33.6 Å². The molecule has 0 amide bonds. The number of nitrogens with one attached hydrogen (secondary N) is 1. The predicted octanol–water partition coefficient (Wildman–Crippen LogP) is 3.42. The second kappa shape index (κ2) is 5.92. The topological polar surface area (TPSA) is 15.3 Å². The lowest BCUT2D eigenvalue weighted by atomic mass is 9.86. The monoisotopic (exact) mass is 252 g/mol. The van der Waals surface area contributed by atoms with Crippen molar-refractivity contribution in [2.24, 2.45) is 5.41 Å². The Morgan fingerprint density at radius 1 is 1.17 bits per heavy atom. The summed E-state index contributed by atoms with van der Waals surface area (Å²) in [6.07, 6.45) is 8.42. The molecule has 106 valence electrons. The zero-order chi connectivity index (χ0) is 13.2. The van der Waals surface area contributed by atoms with Gasteiger partial charge < -0.3 is 5.32 Å². The molecule has 1 saturated heterocycles. The van der Waals surface area contributed by atoms with E-state index in [9.17, 15) is 0 Å². The lowest BCUT2D eigenvalue weighted by Crippen LogP contribution is -2.54. The number of likely N-dealkylation sites (tertiary alicyclic amines) is 1. The summed E-state index contributed by atoms with van der Waals surface area (Å²) in [5.74, 6) is 0. The summed E-state index contributed by atoms with van der Waals surface area (Å²) in [5, 5.41) is 3.78. The minimum absolute atomic E-state index is 0.465. The fraction of sp³-hybridized carbons (Fsp3) is 1.00. The van der Waals surface area contributed by atoms with E-state index in [1.54, 1.807) is 0 Å². The number of likely N-dealkylation sites (N-methyl/N-ethyl adjacent to an activating group) is 1. The van der Waals surface area contributed by atoms with E-state index >= 15 is 0 Å². The van der Waals surface area contributed by atoms with E-state index < -0.39 is 0 Å². The minimum atomic E-state index is 0.465. The molecular formula is C16H32N2. The SMILES string of the molecule is CCNC1C(N2CCCCCC2C)CCC1(C)C. The summed E-state index contributed by atoms with van der Waals surface area (Å²) < 4.78 is 0. The van der Waals surface area contributed by atoms with Crippen molar-refractivity contribution in [2.75, 3.05) is 13.1 Å². The quantitative estimate of drug-likeness (QED) is 0.828. The normalized spacial score (nSPS) is 37.7. The van der Waals surface area contributed by atoms with Crippen LogP contribution in [-0.4, -0.2) is 36.1 Å². The first-order valence-electron chi connectivity index (χ1n) is 8.05. The maximum absolute atomic E-state index is 3.78. The Hall–Kier alpha value is -0.0800. The van der Waals surface area contributed by atoms with Gasteiger partial charge in [0.05, 0.1) is 0 Å². The van der Waals surface area contributed by atoms with Crippen LogP contribution in [0.3, 0.4) is 0 Å². The van der Waals surface area contributed by atoms with Crippen molar-refractivity contribution in [2.45, 2.75) is 84.3 Å². The van der Waals surface area contributed by atoms with Crippen LogP contribution in [-0.2, 0) is 0 Å². The predicted molar refractivity (Wildman–Crippen MR) is 78.9 cm³/mol. The van der Waals surface area contributed by atoms with Gasteiger partial charge >= 0.3 is 0 Å². The van der Waals surface area contributed by atoms with Crippen LogP contribution >= 0.6 is 0 Å². The van der Waals surface area contributed by atoms with Crippen LogP contribution in [0.1, 0.15) is 66.2 Å². The maximum atomic E-state index is 3.78. The highest BCUT2D eigenvalue weighted by molar-refractivity contribution is 5.02. The molecule has 0 radical (unpaired) electrons. The van der Waals surface area contributed by atoms with E-state index in [0.29, 0.717) is 11.5 Å². The van der Waals surface area contributed by atoms with Gasteiger partial charge in [-0.2, -0.15) is 0 Å². The van der Waals surface area contributed by atoms with Crippen molar-refractivity contribution in [3.63, 3.8) is 0 Å². The Labute approximate surface area is 114 Å². The molecule has 1 saturated carbocycles. The van der Waals surface area contributed by atoms with Gasteiger partial charge in [-0.15, -0.1) is 0 Å². The molecule has 1 heterocycles. The van der Waals surface area contributed by atoms with Crippen LogP contribution in [0.2, 0.25) is 0 Å². The van der Waals surface area contributed by atoms with Gasteiger partial charge in [-0.05, 0) is 51.1 Å². The van der Waals surface area contributed by atoms with Gasteiger partial charge in [-0.25, -0.2) is 0 Å². The van der Waals surface area contributed by atoms with Crippen molar-refractivity contribution >= 4 is 0 Å². The lowest BCUT2D eigenvalue weighted by molar-refractivity contribution is 0.109.